The molecular weight excluding hydrogens is 223 g/mol. The third-order valence-electron chi connectivity index (χ3n) is 2.61. The van der Waals surface area contributed by atoms with E-state index in [0.717, 1.165) is 6.20 Å². The molecule has 0 bridgehead atoms. The van der Waals surface area contributed by atoms with Gasteiger partial charge in [0.15, 0.2) is 0 Å². The highest BCUT2D eigenvalue weighted by Crippen LogP contribution is 2.22. The van der Waals surface area contributed by atoms with Crippen LogP contribution in [0.5, 0.6) is 0 Å². The van der Waals surface area contributed by atoms with Gasteiger partial charge in [-0.1, -0.05) is 12.1 Å². The number of hydrogen-bond acceptors (Lipinski definition) is 5. The van der Waals surface area contributed by atoms with Crippen molar-refractivity contribution in [3.05, 3.63) is 30.0 Å². The molecule has 1 atom stereocenters. The lowest BCUT2D eigenvalue weighted by Gasteiger charge is -2.16. The summed E-state index contributed by atoms with van der Waals surface area (Å²) >= 11 is 0. The minimum absolute atomic E-state index is 0.310. The van der Waals surface area contributed by atoms with E-state index >= 15 is 0 Å². The molecule has 0 spiro atoms. The Labute approximate surface area is 97.9 Å². The van der Waals surface area contributed by atoms with Crippen molar-refractivity contribution in [2.24, 2.45) is 5.73 Å². The minimum atomic E-state index is -0.661. The Kier molecular flexibility index (Phi) is 2.89. The fraction of sp³-hybridized carbons (Fsp3) is 0.364. The zero-order chi connectivity index (χ0) is 12.5. The fourth-order valence-electron chi connectivity index (χ4n) is 1.22. The van der Waals surface area contributed by atoms with Gasteiger partial charge in [-0.05, 0) is 25.5 Å². The van der Waals surface area contributed by atoms with Gasteiger partial charge in [-0.15, -0.1) is 0 Å². The second-order valence-corrected chi connectivity index (χ2v) is 4.06. The van der Waals surface area contributed by atoms with Crippen LogP contribution in [0.25, 0.3) is 11.5 Å². The first-order valence-corrected chi connectivity index (χ1v) is 5.28. The van der Waals surface area contributed by atoms with Crippen LogP contribution in [0.15, 0.2) is 22.9 Å². The van der Waals surface area contributed by atoms with Gasteiger partial charge in [0.05, 0.1) is 11.7 Å². The Morgan fingerprint density at radius 1 is 1.47 bits per heavy atom. The lowest BCUT2D eigenvalue weighted by Crippen LogP contribution is -2.32. The molecule has 17 heavy (non-hydrogen) atoms. The normalized spacial score (nSPS) is 14.6. The summed E-state index contributed by atoms with van der Waals surface area (Å²) in [5, 5.41) is 3.78. The van der Waals surface area contributed by atoms with Gasteiger partial charge in [-0.2, -0.15) is 4.98 Å². The van der Waals surface area contributed by atoms with Crippen LogP contribution in [-0.4, -0.2) is 15.1 Å². The third kappa shape index (κ3) is 2.31. The van der Waals surface area contributed by atoms with E-state index in [0.29, 0.717) is 23.8 Å². The molecule has 0 aliphatic rings. The van der Waals surface area contributed by atoms with Crippen LogP contribution in [0.2, 0.25) is 0 Å². The van der Waals surface area contributed by atoms with Gasteiger partial charge in [-0.3, -0.25) is 0 Å². The molecule has 0 aromatic carbocycles. The van der Waals surface area contributed by atoms with Gasteiger partial charge >= 0.3 is 0 Å². The van der Waals surface area contributed by atoms with Crippen molar-refractivity contribution >= 4 is 0 Å². The quantitative estimate of drug-likeness (QED) is 0.879. The number of halogens is 1. The number of rotatable bonds is 3. The van der Waals surface area contributed by atoms with Crippen LogP contribution in [0.1, 0.15) is 26.2 Å². The number of nitrogens with two attached hydrogens (primary N) is 1. The largest absolute Gasteiger partial charge is 0.337 e. The van der Waals surface area contributed by atoms with E-state index in [1.165, 1.54) is 12.1 Å². The van der Waals surface area contributed by atoms with Crippen molar-refractivity contribution in [3.63, 3.8) is 0 Å². The van der Waals surface area contributed by atoms with Gasteiger partial charge < -0.3 is 10.3 Å². The van der Waals surface area contributed by atoms with E-state index in [-0.39, 0.29) is 0 Å². The van der Waals surface area contributed by atoms with Gasteiger partial charge in [-0.25, -0.2) is 9.37 Å². The molecular formula is C11H13FN4O. The topological polar surface area (TPSA) is 77.8 Å². The maximum atomic E-state index is 12.7. The zero-order valence-corrected chi connectivity index (χ0v) is 9.64. The summed E-state index contributed by atoms with van der Waals surface area (Å²) in [7, 11) is 0. The summed E-state index contributed by atoms with van der Waals surface area (Å²) < 4.78 is 17.8. The van der Waals surface area contributed by atoms with E-state index in [1.807, 2.05) is 13.8 Å². The van der Waals surface area contributed by atoms with E-state index < -0.39 is 11.4 Å². The van der Waals surface area contributed by atoms with Gasteiger partial charge in [0.1, 0.15) is 11.5 Å². The molecule has 6 heteroatoms. The van der Waals surface area contributed by atoms with Crippen LogP contribution in [-0.2, 0) is 5.54 Å². The highest BCUT2D eigenvalue weighted by atomic mass is 19.1. The molecule has 1 unspecified atom stereocenters. The Morgan fingerprint density at radius 3 is 2.82 bits per heavy atom. The van der Waals surface area contributed by atoms with Gasteiger partial charge in [0.25, 0.3) is 0 Å². The lowest BCUT2D eigenvalue weighted by molar-refractivity contribution is 0.291. The summed E-state index contributed by atoms with van der Waals surface area (Å²) in [4.78, 5) is 8.03. The first kappa shape index (κ1) is 11.7. The fourth-order valence-corrected chi connectivity index (χ4v) is 1.22. The van der Waals surface area contributed by atoms with Crippen molar-refractivity contribution in [3.8, 4) is 11.5 Å². The van der Waals surface area contributed by atoms with Crippen molar-refractivity contribution in [1.29, 1.82) is 0 Å². The Balaban J connectivity index is 2.33. The predicted octanol–water partition coefficient (Wildman–Crippen LogP) is 1.85. The Hall–Kier alpha value is -1.82. The summed E-state index contributed by atoms with van der Waals surface area (Å²) in [5.41, 5.74) is 5.77. The Morgan fingerprint density at radius 2 is 2.24 bits per heavy atom. The molecule has 0 aliphatic carbocycles. The molecule has 2 rings (SSSR count). The van der Waals surface area contributed by atoms with Crippen molar-refractivity contribution in [1.82, 2.24) is 15.1 Å². The standard InChI is InChI=1S/C11H13FN4O/c1-3-11(2,13)10-15-9(16-17-10)8-5-4-7(12)6-14-8/h4-6H,3,13H2,1-2H3. The molecule has 2 aromatic heterocycles. The van der Waals surface area contributed by atoms with Crippen molar-refractivity contribution < 1.29 is 8.91 Å². The number of aromatic nitrogens is 3. The molecule has 90 valence electrons. The lowest BCUT2D eigenvalue weighted by atomic mass is 10.0. The third-order valence-corrected chi connectivity index (χ3v) is 2.61. The van der Waals surface area contributed by atoms with Crippen LogP contribution < -0.4 is 5.73 Å². The summed E-state index contributed by atoms with van der Waals surface area (Å²) in [5.74, 6) is 0.251. The van der Waals surface area contributed by atoms with Gasteiger partial charge in [0, 0.05) is 0 Å². The van der Waals surface area contributed by atoms with E-state index in [1.54, 1.807) is 0 Å². The maximum absolute atomic E-state index is 12.7. The molecule has 0 saturated carbocycles. The molecule has 0 saturated heterocycles. The number of nitrogens with zero attached hydrogens (tertiary/aromatic N) is 3. The van der Waals surface area contributed by atoms with Crippen LogP contribution in [0, 0.1) is 5.82 Å². The smallest absolute Gasteiger partial charge is 0.246 e. The molecule has 2 N–H and O–H groups in total. The van der Waals surface area contributed by atoms with E-state index in [2.05, 4.69) is 15.1 Å². The van der Waals surface area contributed by atoms with Crippen LogP contribution in [0.4, 0.5) is 4.39 Å². The maximum Gasteiger partial charge on any atom is 0.246 e. The second-order valence-electron chi connectivity index (χ2n) is 4.06. The summed E-state index contributed by atoms with van der Waals surface area (Å²) in [6.45, 7) is 3.74. The molecule has 0 fully saturated rings. The zero-order valence-electron chi connectivity index (χ0n) is 9.64. The van der Waals surface area contributed by atoms with Crippen LogP contribution >= 0.6 is 0 Å². The molecule has 0 aliphatic heterocycles. The minimum Gasteiger partial charge on any atom is -0.337 e. The second kappa shape index (κ2) is 4.21. The predicted molar refractivity (Wildman–Crippen MR) is 59.3 cm³/mol. The SMILES string of the molecule is CCC(C)(N)c1nc(-c2ccc(F)cn2)no1. The molecule has 0 amide bonds. The highest BCUT2D eigenvalue weighted by molar-refractivity contribution is 5.47. The molecule has 2 aromatic rings. The highest BCUT2D eigenvalue weighted by Gasteiger charge is 2.26. The summed E-state index contributed by atoms with van der Waals surface area (Å²) in [6.07, 6.45) is 1.78. The number of hydrogen-bond donors (Lipinski definition) is 1. The summed E-state index contributed by atoms with van der Waals surface area (Å²) in [6, 6.07) is 2.78. The Bertz CT molecular complexity index is 506. The monoisotopic (exact) mass is 236 g/mol. The first-order chi connectivity index (χ1) is 8.03. The number of pyridine rings is 1. The first-order valence-electron chi connectivity index (χ1n) is 5.28. The van der Waals surface area contributed by atoms with Crippen molar-refractivity contribution in [2.75, 3.05) is 0 Å². The van der Waals surface area contributed by atoms with E-state index in [4.69, 9.17) is 10.3 Å². The van der Waals surface area contributed by atoms with Crippen LogP contribution in [0.3, 0.4) is 0 Å². The van der Waals surface area contributed by atoms with Crippen molar-refractivity contribution in [2.45, 2.75) is 25.8 Å². The van der Waals surface area contributed by atoms with Gasteiger partial charge in [0.2, 0.25) is 11.7 Å². The van der Waals surface area contributed by atoms with E-state index in [9.17, 15) is 4.39 Å². The molecule has 0 radical (unpaired) electrons. The average molecular weight is 236 g/mol. The molecule has 2 heterocycles. The molecule has 5 nitrogen and oxygen atoms in total. The average Bonchev–Trinajstić information content (AvgIpc) is 2.80.